The lowest BCUT2D eigenvalue weighted by molar-refractivity contribution is -0.122. The van der Waals surface area contributed by atoms with Crippen LogP contribution in [0.2, 0.25) is 10.0 Å². The number of hydrogen-bond acceptors (Lipinski definition) is 5. The van der Waals surface area contributed by atoms with E-state index in [1.165, 1.54) is 17.9 Å². The third-order valence-electron chi connectivity index (χ3n) is 4.60. The normalized spacial score (nSPS) is 17.6. The second kappa shape index (κ2) is 8.58. The van der Waals surface area contributed by atoms with E-state index < -0.39 is 16.4 Å². The van der Waals surface area contributed by atoms with E-state index in [0.29, 0.717) is 10.7 Å². The van der Waals surface area contributed by atoms with E-state index in [0.717, 1.165) is 0 Å². The summed E-state index contributed by atoms with van der Waals surface area (Å²) >= 11 is 12.4. The molecule has 1 N–H and O–H groups in total. The molecule has 160 valence electrons. The third kappa shape index (κ3) is 4.36. The highest BCUT2D eigenvalue weighted by molar-refractivity contribution is 6.42. The van der Waals surface area contributed by atoms with Crippen LogP contribution in [0.3, 0.4) is 0 Å². The lowest BCUT2D eigenvalue weighted by Crippen LogP contribution is -2.52. The van der Waals surface area contributed by atoms with Gasteiger partial charge in [-0.3, -0.25) is 19.7 Å². The van der Waals surface area contributed by atoms with Crippen molar-refractivity contribution in [1.82, 2.24) is 14.8 Å². The molecule has 8 nitrogen and oxygen atoms in total. The topological polar surface area (TPSA) is 91.2 Å². The predicted octanol–water partition coefficient (Wildman–Crippen LogP) is 3.07. The number of guanidine groups is 1. The van der Waals surface area contributed by atoms with Crippen LogP contribution >= 0.6 is 23.2 Å². The van der Waals surface area contributed by atoms with Crippen LogP contribution in [0.5, 0.6) is 0 Å². The zero-order valence-electron chi connectivity index (χ0n) is 17.3. The first-order valence-corrected chi connectivity index (χ1v) is 9.94. The van der Waals surface area contributed by atoms with Crippen molar-refractivity contribution in [3.8, 4) is 0 Å². The molecule has 0 saturated heterocycles. The number of carbonyl (C=O) groups excluding carboxylic acids is 3. The Morgan fingerprint density at radius 1 is 1.03 bits per heavy atom. The number of quaternary nitrogens is 1. The monoisotopic (exact) mass is 460 g/mol. The highest BCUT2D eigenvalue weighted by atomic mass is 35.5. The maximum atomic E-state index is 13.4. The van der Waals surface area contributed by atoms with Gasteiger partial charge in [-0.15, -0.1) is 9.58 Å². The van der Waals surface area contributed by atoms with E-state index in [1.54, 1.807) is 57.5 Å². The molecule has 2 aromatic carbocycles. The Balaban J connectivity index is 2.22. The van der Waals surface area contributed by atoms with Gasteiger partial charge >= 0.3 is 5.96 Å². The Morgan fingerprint density at radius 2 is 1.71 bits per heavy atom. The molecular formula is C21H20Cl2N5O3+. The first-order valence-electron chi connectivity index (χ1n) is 9.19. The molecule has 3 rings (SSSR count). The summed E-state index contributed by atoms with van der Waals surface area (Å²) in [5.41, 5.74) is 0.858. The number of hydrogen-bond donors (Lipinski definition) is 1. The van der Waals surface area contributed by atoms with Gasteiger partial charge in [0, 0.05) is 37.7 Å². The second-order valence-corrected chi connectivity index (χ2v) is 8.01. The molecule has 2 amide bonds. The van der Waals surface area contributed by atoms with Crippen molar-refractivity contribution in [1.29, 1.82) is 0 Å². The van der Waals surface area contributed by atoms with Gasteiger partial charge in [-0.2, -0.15) is 0 Å². The summed E-state index contributed by atoms with van der Waals surface area (Å²) in [6.07, 6.45) is 0. The van der Waals surface area contributed by atoms with Crippen molar-refractivity contribution in [3.05, 3.63) is 63.6 Å². The lowest BCUT2D eigenvalue weighted by atomic mass is 10.0. The van der Waals surface area contributed by atoms with Gasteiger partial charge in [0.15, 0.2) is 5.69 Å². The molecule has 0 fully saturated rings. The number of halogens is 2. The van der Waals surface area contributed by atoms with Crippen LogP contribution in [-0.2, 0) is 9.59 Å². The number of carbonyl (C=O) groups is 3. The zero-order chi connectivity index (χ0) is 22.9. The average Bonchev–Trinajstić information content (AvgIpc) is 3.03. The molecule has 0 aliphatic carbocycles. The van der Waals surface area contributed by atoms with Crippen molar-refractivity contribution in [2.45, 2.75) is 6.92 Å². The zero-order valence-corrected chi connectivity index (χ0v) is 18.8. The number of benzene rings is 2. The third-order valence-corrected chi connectivity index (χ3v) is 5.16. The van der Waals surface area contributed by atoms with Gasteiger partial charge in [0.25, 0.3) is 11.7 Å². The van der Waals surface area contributed by atoms with Gasteiger partial charge in [0.2, 0.25) is 11.7 Å². The molecule has 31 heavy (non-hydrogen) atoms. The van der Waals surface area contributed by atoms with Crippen LogP contribution in [0.15, 0.2) is 52.6 Å². The van der Waals surface area contributed by atoms with Crippen LogP contribution in [0.4, 0.5) is 5.69 Å². The van der Waals surface area contributed by atoms with Crippen LogP contribution in [0.1, 0.15) is 22.8 Å². The lowest BCUT2D eigenvalue weighted by Gasteiger charge is -2.25. The van der Waals surface area contributed by atoms with E-state index in [9.17, 15) is 14.4 Å². The molecule has 2 aromatic rings. The molecule has 1 atom stereocenters. The maximum absolute atomic E-state index is 13.4. The second-order valence-electron chi connectivity index (χ2n) is 7.17. The fourth-order valence-corrected chi connectivity index (χ4v) is 3.46. The molecule has 1 aliphatic rings. The number of aliphatic imine (C=N–C) groups is 1. The summed E-state index contributed by atoms with van der Waals surface area (Å²) in [4.78, 5) is 43.3. The molecule has 10 heteroatoms. The van der Waals surface area contributed by atoms with Gasteiger partial charge in [-0.1, -0.05) is 35.3 Å². The minimum Gasteiger partial charge on any atom is -0.342 e. The number of amides is 2. The molecular weight excluding hydrogens is 441 g/mol. The SMILES string of the molecule is CC(=O)NC1=NC(C(=O)N(C)C)=N[N+]1(C)c1ccc(Cl)cc1C(=O)c1ccccc1Cl. The predicted molar refractivity (Wildman–Crippen MR) is 121 cm³/mol. The van der Waals surface area contributed by atoms with Crippen molar-refractivity contribution in [2.75, 3.05) is 21.1 Å². The van der Waals surface area contributed by atoms with E-state index >= 15 is 0 Å². The number of nitrogens with one attached hydrogen (secondary N) is 1. The Bertz CT molecular complexity index is 1160. The summed E-state index contributed by atoms with van der Waals surface area (Å²) in [5.74, 6) is -1.26. The summed E-state index contributed by atoms with van der Waals surface area (Å²) in [6.45, 7) is 1.32. The molecule has 0 spiro atoms. The fraction of sp³-hybridized carbons (Fsp3) is 0.190. The minimum absolute atomic E-state index is 0.0771. The fourth-order valence-electron chi connectivity index (χ4n) is 3.07. The summed E-state index contributed by atoms with van der Waals surface area (Å²) < 4.78 is -0.461. The van der Waals surface area contributed by atoms with Crippen molar-refractivity contribution >= 4 is 58.3 Å². The number of nitrogens with zero attached hydrogens (tertiary/aromatic N) is 4. The van der Waals surface area contributed by atoms with Crippen LogP contribution in [0, 0.1) is 0 Å². The quantitative estimate of drug-likeness (QED) is 0.561. The number of ketones is 1. The molecule has 0 aromatic heterocycles. The minimum atomic E-state index is -0.461. The first kappa shape index (κ1) is 22.6. The van der Waals surface area contributed by atoms with Crippen molar-refractivity contribution < 1.29 is 14.4 Å². The van der Waals surface area contributed by atoms with Crippen molar-refractivity contribution in [3.63, 3.8) is 0 Å². The van der Waals surface area contributed by atoms with Crippen molar-refractivity contribution in [2.24, 2.45) is 10.1 Å². The first-order chi connectivity index (χ1) is 14.5. The Labute approximate surface area is 189 Å². The Morgan fingerprint density at radius 3 is 2.32 bits per heavy atom. The molecule has 0 saturated carbocycles. The molecule has 1 heterocycles. The van der Waals surface area contributed by atoms with Gasteiger partial charge in [-0.05, 0) is 29.4 Å². The molecule has 1 aliphatic heterocycles. The van der Waals surface area contributed by atoms with Gasteiger partial charge in [0.05, 0.1) is 10.6 Å². The summed E-state index contributed by atoms with van der Waals surface area (Å²) in [7, 11) is 4.74. The van der Waals surface area contributed by atoms with Crippen LogP contribution < -0.4 is 9.91 Å². The summed E-state index contributed by atoms with van der Waals surface area (Å²) in [5, 5.41) is 7.68. The Hall–Kier alpha value is -3.07. The number of amidine groups is 1. The van der Waals surface area contributed by atoms with Gasteiger partial charge < -0.3 is 4.90 Å². The standard InChI is InChI=1S/C21H19Cl2N5O3/c1-12(29)24-21-25-19(20(31)27(2)3)26-28(21,4)17-10-9-13(22)11-15(17)18(30)14-7-5-6-8-16(14)23/h5-11H,1-4H3/p+1. The number of likely N-dealkylation sites (N-methyl/N-ethyl adjacent to an activating group) is 1. The van der Waals surface area contributed by atoms with Gasteiger partial charge in [-0.25, -0.2) is 0 Å². The van der Waals surface area contributed by atoms with E-state index in [1.807, 2.05) is 0 Å². The van der Waals surface area contributed by atoms with Crippen LogP contribution in [-0.4, -0.2) is 55.4 Å². The van der Waals surface area contributed by atoms with E-state index in [-0.39, 0.29) is 33.7 Å². The van der Waals surface area contributed by atoms with Gasteiger partial charge in [0.1, 0.15) is 7.05 Å². The molecule has 1 unspecified atom stereocenters. The van der Waals surface area contributed by atoms with Crippen LogP contribution in [0.25, 0.3) is 0 Å². The molecule has 0 bridgehead atoms. The Kier molecular flexibility index (Phi) is 6.26. The smallest absolute Gasteiger partial charge is 0.342 e. The van der Waals surface area contributed by atoms with E-state index in [2.05, 4.69) is 15.4 Å². The summed E-state index contributed by atoms with van der Waals surface area (Å²) in [6, 6.07) is 11.3. The highest BCUT2D eigenvalue weighted by Crippen LogP contribution is 2.34. The highest BCUT2D eigenvalue weighted by Gasteiger charge is 2.45. The number of rotatable bonds is 4. The van der Waals surface area contributed by atoms with E-state index in [4.69, 9.17) is 23.2 Å². The largest absolute Gasteiger partial charge is 0.343 e. The molecule has 0 radical (unpaired) electrons. The maximum Gasteiger partial charge on any atom is 0.343 e. The average molecular weight is 461 g/mol.